The topological polar surface area (TPSA) is 62.5 Å². The van der Waals surface area contributed by atoms with Crippen molar-refractivity contribution in [2.24, 2.45) is 4.99 Å². The maximum atomic E-state index is 5.19. The minimum absolute atomic E-state index is 0. The summed E-state index contributed by atoms with van der Waals surface area (Å²) in [6, 6.07) is 1.94. The van der Waals surface area contributed by atoms with Crippen molar-refractivity contribution >= 4 is 29.9 Å². The van der Waals surface area contributed by atoms with E-state index in [2.05, 4.69) is 40.6 Å². The van der Waals surface area contributed by atoms with Crippen molar-refractivity contribution in [3.63, 3.8) is 0 Å². The second-order valence-electron chi connectivity index (χ2n) is 3.86. The van der Waals surface area contributed by atoms with E-state index in [-0.39, 0.29) is 24.0 Å². The van der Waals surface area contributed by atoms with Gasteiger partial charge in [0.15, 0.2) is 11.7 Å². The number of hydrogen-bond donors (Lipinski definition) is 2. The van der Waals surface area contributed by atoms with Gasteiger partial charge in [0.05, 0.1) is 18.8 Å². The molecule has 0 saturated heterocycles. The van der Waals surface area contributed by atoms with Gasteiger partial charge in [-0.05, 0) is 5.92 Å². The molecule has 1 heterocycles. The van der Waals surface area contributed by atoms with Crippen molar-refractivity contribution in [3.8, 4) is 12.3 Å². The van der Waals surface area contributed by atoms with Crippen LogP contribution >= 0.6 is 24.0 Å². The fraction of sp³-hybridized carbons (Fsp3) is 0.500. The summed E-state index contributed by atoms with van der Waals surface area (Å²) in [7, 11) is 1.69. The molecule has 1 aromatic rings. The van der Waals surface area contributed by atoms with Crippen LogP contribution in [0.4, 0.5) is 0 Å². The molecule has 0 spiro atoms. The lowest BCUT2D eigenvalue weighted by Crippen LogP contribution is -2.36. The fourth-order valence-electron chi connectivity index (χ4n) is 1.21. The van der Waals surface area contributed by atoms with Gasteiger partial charge in [0.2, 0.25) is 0 Å². The van der Waals surface area contributed by atoms with Crippen molar-refractivity contribution in [2.75, 3.05) is 13.6 Å². The molecule has 0 fully saturated rings. The number of aliphatic imine (C=N–C) groups is 1. The molecule has 0 atom stereocenters. The van der Waals surface area contributed by atoms with Crippen LogP contribution in [0.2, 0.25) is 0 Å². The number of aromatic nitrogens is 1. The summed E-state index contributed by atoms with van der Waals surface area (Å²) in [6.07, 6.45) is 5.15. The molecule has 0 aliphatic carbocycles. The lowest BCUT2D eigenvalue weighted by atomic mass is 10.1. The van der Waals surface area contributed by atoms with Crippen molar-refractivity contribution in [3.05, 3.63) is 17.5 Å². The minimum Gasteiger partial charge on any atom is -0.359 e. The summed E-state index contributed by atoms with van der Waals surface area (Å²) in [5.74, 6) is 4.27. The molecule has 0 aliphatic rings. The van der Waals surface area contributed by atoms with Crippen LogP contribution in [0.15, 0.2) is 15.6 Å². The molecular formula is C12H19IN4O. The number of nitrogens with zero attached hydrogens (tertiary/aromatic N) is 2. The SMILES string of the molecule is C#CCNC(=NC)NCc1cc(C(C)C)no1.I. The second kappa shape index (κ2) is 8.80. The van der Waals surface area contributed by atoms with Crippen molar-refractivity contribution in [1.82, 2.24) is 15.8 Å². The molecule has 6 heteroatoms. The molecule has 1 rings (SSSR count). The molecule has 0 amide bonds. The zero-order valence-electron chi connectivity index (χ0n) is 10.9. The van der Waals surface area contributed by atoms with Crippen molar-refractivity contribution < 1.29 is 4.52 Å². The zero-order valence-corrected chi connectivity index (χ0v) is 13.2. The Kier molecular flexibility index (Phi) is 8.20. The first-order valence-corrected chi connectivity index (χ1v) is 5.50. The highest BCUT2D eigenvalue weighted by Crippen LogP contribution is 2.13. The Hall–Kier alpha value is -1.23. The van der Waals surface area contributed by atoms with E-state index in [9.17, 15) is 0 Å². The van der Waals surface area contributed by atoms with Crippen molar-refractivity contribution in [1.29, 1.82) is 0 Å². The van der Waals surface area contributed by atoms with E-state index in [1.54, 1.807) is 7.05 Å². The van der Waals surface area contributed by atoms with Gasteiger partial charge in [0.1, 0.15) is 0 Å². The van der Waals surface area contributed by atoms with Gasteiger partial charge in [0.25, 0.3) is 0 Å². The number of guanidine groups is 1. The van der Waals surface area contributed by atoms with E-state index in [4.69, 9.17) is 10.9 Å². The molecule has 0 unspecified atom stereocenters. The number of nitrogens with one attached hydrogen (secondary N) is 2. The fourth-order valence-corrected chi connectivity index (χ4v) is 1.21. The monoisotopic (exact) mass is 362 g/mol. The molecule has 100 valence electrons. The van der Waals surface area contributed by atoms with E-state index >= 15 is 0 Å². The van der Waals surface area contributed by atoms with Crippen LogP contribution in [0.25, 0.3) is 0 Å². The molecule has 0 saturated carbocycles. The Labute approximate surface area is 125 Å². The first kappa shape index (κ1) is 16.8. The highest BCUT2D eigenvalue weighted by atomic mass is 127. The third kappa shape index (κ3) is 5.40. The molecule has 5 nitrogen and oxygen atoms in total. The smallest absolute Gasteiger partial charge is 0.192 e. The van der Waals surface area contributed by atoms with Gasteiger partial charge >= 0.3 is 0 Å². The van der Waals surface area contributed by atoms with Gasteiger partial charge in [-0.25, -0.2) is 0 Å². The van der Waals surface area contributed by atoms with E-state index in [1.807, 2.05) is 6.07 Å². The summed E-state index contributed by atoms with van der Waals surface area (Å²) in [6.45, 7) is 5.11. The maximum absolute atomic E-state index is 5.19. The predicted molar refractivity (Wildman–Crippen MR) is 83.0 cm³/mol. The zero-order chi connectivity index (χ0) is 12.7. The van der Waals surface area contributed by atoms with Crippen LogP contribution in [-0.2, 0) is 6.54 Å². The van der Waals surface area contributed by atoms with Crippen LogP contribution in [0.3, 0.4) is 0 Å². The largest absolute Gasteiger partial charge is 0.359 e. The lowest BCUT2D eigenvalue weighted by molar-refractivity contribution is 0.372. The number of terminal acetylenes is 1. The molecule has 1 aromatic heterocycles. The Morgan fingerprint density at radius 2 is 2.28 bits per heavy atom. The molecule has 2 N–H and O–H groups in total. The standard InChI is InChI=1S/C12H18N4O.HI/c1-5-6-14-12(13-4)15-8-10-7-11(9(2)3)16-17-10;/h1,7,9H,6,8H2,2-4H3,(H2,13,14,15);1H. The highest BCUT2D eigenvalue weighted by molar-refractivity contribution is 14.0. The number of halogens is 1. The maximum Gasteiger partial charge on any atom is 0.192 e. The third-order valence-electron chi connectivity index (χ3n) is 2.18. The van der Waals surface area contributed by atoms with Gasteiger partial charge in [-0.3, -0.25) is 4.99 Å². The van der Waals surface area contributed by atoms with Gasteiger partial charge in [0, 0.05) is 13.1 Å². The van der Waals surface area contributed by atoms with E-state index in [0.717, 1.165) is 11.5 Å². The average molecular weight is 362 g/mol. The summed E-state index contributed by atoms with van der Waals surface area (Å²) in [4.78, 5) is 4.02. The summed E-state index contributed by atoms with van der Waals surface area (Å²) >= 11 is 0. The molecule has 0 radical (unpaired) electrons. The molecule has 0 aliphatic heterocycles. The first-order chi connectivity index (χ1) is 8.17. The van der Waals surface area contributed by atoms with Crippen molar-refractivity contribution in [2.45, 2.75) is 26.3 Å². The van der Waals surface area contributed by atoms with Gasteiger partial charge in [-0.15, -0.1) is 30.4 Å². The van der Waals surface area contributed by atoms with Gasteiger partial charge in [-0.2, -0.15) is 0 Å². The molecule has 0 bridgehead atoms. The quantitative estimate of drug-likeness (QED) is 0.371. The van der Waals surface area contributed by atoms with Crippen LogP contribution in [0, 0.1) is 12.3 Å². The molecule has 0 aromatic carbocycles. The number of rotatable bonds is 4. The third-order valence-corrected chi connectivity index (χ3v) is 2.18. The number of hydrogen-bond acceptors (Lipinski definition) is 3. The van der Waals surface area contributed by atoms with Crippen LogP contribution in [0.1, 0.15) is 31.2 Å². The molecule has 18 heavy (non-hydrogen) atoms. The van der Waals surface area contributed by atoms with Crippen LogP contribution in [0.5, 0.6) is 0 Å². The highest BCUT2D eigenvalue weighted by Gasteiger charge is 2.07. The Bertz CT molecular complexity index is 420. The molecular weight excluding hydrogens is 343 g/mol. The Balaban J connectivity index is 0.00000289. The predicted octanol–water partition coefficient (Wildman–Crippen LogP) is 1.71. The van der Waals surface area contributed by atoms with Crippen LogP contribution in [-0.4, -0.2) is 24.7 Å². The van der Waals surface area contributed by atoms with E-state index < -0.39 is 0 Å². The Morgan fingerprint density at radius 3 is 2.78 bits per heavy atom. The van der Waals surface area contributed by atoms with Crippen LogP contribution < -0.4 is 10.6 Å². The normalized spacial score (nSPS) is 10.7. The average Bonchev–Trinajstić information content (AvgIpc) is 2.78. The van der Waals surface area contributed by atoms with Gasteiger partial charge < -0.3 is 15.2 Å². The summed E-state index contributed by atoms with van der Waals surface area (Å²) in [5, 5.41) is 10.0. The second-order valence-corrected chi connectivity index (χ2v) is 3.86. The van der Waals surface area contributed by atoms with E-state index in [1.165, 1.54) is 0 Å². The summed E-state index contributed by atoms with van der Waals surface area (Å²) < 4.78 is 5.19. The van der Waals surface area contributed by atoms with E-state index in [0.29, 0.717) is 25.0 Å². The first-order valence-electron chi connectivity index (χ1n) is 5.50. The Morgan fingerprint density at radius 1 is 1.56 bits per heavy atom. The lowest BCUT2D eigenvalue weighted by Gasteiger charge is -2.07. The minimum atomic E-state index is 0. The van der Waals surface area contributed by atoms with Gasteiger partial charge in [-0.1, -0.05) is 24.9 Å². The summed E-state index contributed by atoms with van der Waals surface area (Å²) in [5.41, 5.74) is 0.952.